The van der Waals surface area contributed by atoms with E-state index in [0.29, 0.717) is 0 Å². The van der Waals surface area contributed by atoms with Crippen LogP contribution in [0.1, 0.15) is 0 Å². The lowest BCUT2D eigenvalue weighted by molar-refractivity contribution is 0.664. The minimum Gasteiger partial charge on any atom is -0.456 e. The molecule has 0 saturated carbocycles. The molecule has 0 aliphatic carbocycles. The Labute approximate surface area is 317 Å². The van der Waals surface area contributed by atoms with Crippen molar-refractivity contribution in [3.05, 3.63) is 164 Å². The summed E-state index contributed by atoms with van der Waals surface area (Å²) >= 11 is 1.77. The van der Waals surface area contributed by atoms with E-state index >= 15 is 0 Å². The van der Waals surface area contributed by atoms with Crippen LogP contribution in [0.25, 0.3) is 125 Å². The Kier molecular flexibility index (Phi) is 5.74. The monoisotopic (exact) mass is 717 g/mol. The van der Waals surface area contributed by atoms with Gasteiger partial charge in [-0.1, -0.05) is 109 Å². The van der Waals surface area contributed by atoms with Gasteiger partial charge in [0.1, 0.15) is 11.2 Å². The number of hydrogen-bond acceptors (Lipinski definition) is 4. The number of aromatic nitrogens is 3. The van der Waals surface area contributed by atoms with Crippen LogP contribution in [0.5, 0.6) is 0 Å². The summed E-state index contributed by atoms with van der Waals surface area (Å²) in [4.78, 5) is 10.6. The van der Waals surface area contributed by atoms with Crippen molar-refractivity contribution in [2.24, 2.45) is 0 Å². The zero-order valence-corrected chi connectivity index (χ0v) is 30.1. The first-order valence-electron chi connectivity index (χ1n) is 18.6. The number of hydrogen-bond donors (Lipinski definition) is 0. The topological polar surface area (TPSA) is 43.9 Å². The van der Waals surface area contributed by atoms with Gasteiger partial charge in [-0.3, -0.25) is 0 Å². The van der Waals surface area contributed by atoms with Crippen LogP contribution in [0.2, 0.25) is 0 Å². The lowest BCUT2D eigenvalue weighted by atomic mass is 10.00. The molecule has 0 spiro atoms. The first-order chi connectivity index (χ1) is 27.2. The van der Waals surface area contributed by atoms with Crippen LogP contribution >= 0.6 is 11.3 Å². The van der Waals surface area contributed by atoms with Gasteiger partial charge in [-0.05, 0) is 86.9 Å². The van der Waals surface area contributed by atoms with Gasteiger partial charge in [0.05, 0.1) is 26.9 Å². The quantitative estimate of drug-likeness (QED) is 0.183. The second-order valence-corrected chi connectivity index (χ2v) is 15.6. The van der Waals surface area contributed by atoms with Gasteiger partial charge in [-0.25, -0.2) is 9.97 Å². The molecule has 0 aliphatic heterocycles. The third kappa shape index (κ3) is 4.10. The molecule has 0 fully saturated rings. The molecule has 0 atom stereocenters. The van der Waals surface area contributed by atoms with Crippen molar-refractivity contribution in [2.45, 2.75) is 0 Å². The number of benzene rings is 9. The maximum atomic E-state index is 6.64. The minimum absolute atomic E-state index is 0.731. The van der Waals surface area contributed by atoms with Gasteiger partial charge in [0.25, 0.3) is 0 Å². The average molecular weight is 718 g/mol. The van der Waals surface area contributed by atoms with Crippen molar-refractivity contribution in [3.63, 3.8) is 0 Å². The molecule has 0 unspecified atom stereocenters. The molecule has 4 nitrogen and oxygen atoms in total. The highest BCUT2D eigenvalue weighted by molar-refractivity contribution is 7.26. The largest absolute Gasteiger partial charge is 0.456 e. The second-order valence-electron chi connectivity index (χ2n) is 14.5. The fourth-order valence-corrected chi connectivity index (χ4v) is 10.2. The average Bonchev–Trinajstić information content (AvgIpc) is 3.74. The summed E-state index contributed by atoms with van der Waals surface area (Å²) in [6.07, 6.45) is 0. The molecule has 254 valence electrons. The Morgan fingerprint density at radius 1 is 0.455 bits per heavy atom. The van der Waals surface area contributed by atoms with Crippen LogP contribution in [0, 0.1) is 0 Å². The Hall–Kier alpha value is -7.08. The molecule has 55 heavy (non-hydrogen) atoms. The van der Waals surface area contributed by atoms with E-state index < -0.39 is 0 Å². The first kappa shape index (κ1) is 29.4. The Morgan fingerprint density at radius 3 is 1.85 bits per heavy atom. The van der Waals surface area contributed by atoms with Crippen LogP contribution in [-0.4, -0.2) is 14.5 Å². The third-order valence-corrected chi connectivity index (χ3v) is 12.7. The Bertz CT molecular complexity index is 3630. The van der Waals surface area contributed by atoms with Crippen LogP contribution in [0.15, 0.2) is 168 Å². The maximum absolute atomic E-state index is 6.64. The van der Waals surface area contributed by atoms with Gasteiger partial charge in [0.15, 0.2) is 5.82 Å². The van der Waals surface area contributed by atoms with Crippen molar-refractivity contribution < 1.29 is 4.42 Å². The normalized spacial score (nSPS) is 12.4. The van der Waals surface area contributed by atoms with E-state index in [1.54, 1.807) is 11.3 Å². The van der Waals surface area contributed by atoms with Gasteiger partial charge in [0.2, 0.25) is 0 Å². The molecular formula is C50H27N3OS. The van der Waals surface area contributed by atoms with E-state index in [0.717, 1.165) is 76.6 Å². The molecule has 9 aromatic carbocycles. The Balaban J connectivity index is 1.01. The van der Waals surface area contributed by atoms with Gasteiger partial charge in [-0.2, -0.15) is 0 Å². The summed E-state index contributed by atoms with van der Waals surface area (Å²) < 4.78 is 11.4. The fraction of sp³-hybridized carbons (Fsp3) is 0. The standard InChI is InChI=1S/C50H27N3OS/c1-2-8-31-25-34(17-15-28(31)7-1)47-49-48(37-11-3-4-14-42(37)55-49)52-50(51-47)35-18-16-33-27-36(22-19-32(33)26-35)53-38-23-20-29-9-5-12-40-43(29)45(38)46-39(53)24-21-30-10-6-13-41(54-40)44(30)46/h1-27H. The summed E-state index contributed by atoms with van der Waals surface area (Å²) in [5.41, 5.74) is 9.33. The highest BCUT2D eigenvalue weighted by atomic mass is 32.1. The van der Waals surface area contributed by atoms with Crippen molar-refractivity contribution >= 4 is 108 Å². The van der Waals surface area contributed by atoms with E-state index in [2.05, 4.69) is 168 Å². The lowest BCUT2D eigenvalue weighted by Gasteiger charge is -2.12. The van der Waals surface area contributed by atoms with Crippen LogP contribution in [0.4, 0.5) is 0 Å². The summed E-state index contributed by atoms with van der Waals surface area (Å²) in [5, 5.41) is 13.1. The van der Waals surface area contributed by atoms with E-state index in [9.17, 15) is 0 Å². The SMILES string of the molecule is c1ccc2cc(-c3nc(-c4ccc5cc(-n6c7ccc8cccc9oc%10cccc%11ccc6c(c%11%10)c7c89)ccc5c4)nc4c3sc3ccccc34)ccc2c1. The molecule has 4 aromatic heterocycles. The zero-order chi connectivity index (χ0) is 35.8. The summed E-state index contributed by atoms with van der Waals surface area (Å²) in [6, 6.07) is 58.8. The molecule has 0 bridgehead atoms. The Morgan fingerprint density at radius 2 is 1.05 bits per heavy atom. The van der Waals surface area contributed by atoms with E-state index in [-0.39, 0.29) is 0 Å². The molecule has 0 radical (unpaired) electrons. The van der Waals surface area contributed by atoms with Gasteiger partial charge in [0, 0.05) is 48.4 Å². The highest BCUT2D eigenvalue weighted by Gasteiger charge is 2.22. The fourth-order valence-electron chi connectivity index (χ4n) is 9.01. The van der Waals surface area contributed by atoms with E-state index in [4.69, 9.17) is 14.4 Å². The van der Waals surface area contributed by atoms with Crippen molar-refractivity contribution in [2.75, 3.05) is 0 Å². The maximum Gasteiger partial charge on any atom is 0.160 e. The minimum atomic E-state index is 0.731. The molecule has 13 aromatic rings. The molecule has 13 rings (SSSR count). The number of nitrogens with zero attached hydrogens (tertiary/aromatic N) is 3. The molecule has 0 amide bonds. The molecule has 4 heterocycles. The molecule has 0 saturated heterocycles. The molecule has 0 N–H and O–H groups in total. The predicted molar refractivity (Wildman–Crippen MR) is 231 cm³/mol. The predicted octanol–water partition coefficient (Wildman–Crippen LogP) is 14.1. The number of fused-ring (bicyclic) bond motifs is 5. The summed E-state index contributed by atoms with van der Waals surface area (Å²) in [7, 11) is 0. The zero-order valence-electron chi connectivity index (χ0n) is 29.2. The molecular weight excluding hydrogens is 691 g/mol. The van der Waals surface area contributed by atoms with E-state index in [1.165, 1.54) is 48.1 Å². The summed E-state index contributed by atoms with van der Waals surface area (Å²) in [5.74, 6) is 0.731. The molecule has 0 aliphatic rings. The number of thiophene rings is 1. The second kappa shape index (κ2) is 10.8. The summed E-state index contributed by atoms with van der Waals surface area (Å²) in [6.45, 7) is 0. The van der Waals surface area contributed by atoms with Crippen molar-refractivity contribution in [1.29, 1.82) is 0 Å². The first-order valence-corrected chi connectivity index (χ1v) is 19.4. The molecule has 5 heteroatoms. The van der Waals surface area contributed by atoms with Crippen LogP contribution in [0.3, 0.4) is 0 Å². The third-order valence-electron chi connectivity index (χ3n) is 11.5. The number of rotatable bonds is 3. The van der Waals surface area contributed by atoms with Gasteiger partial charge < -0.3 is 8.98 Å². The van der Waals surface area contributed by atoms with E-state index in [1.807, 2.05) is 0 Å². The van der Waals surface area contributed by atoms with Gasteiger partial charge >= 0.3 is 0 Å². The van der Waals surface area contributed by atoms with Crippen LogP contribution < -0.4 is 0 Å². The van der Waals surface area contributed by atoms with Crippen molar-refractivity contribution in [1.82, 2.24) is 14.5 Å². The smallest absolute Gasteiger partial charge is 0.160 e. The highest BCUT2D eigenvalue weighted by Crippen LogP contribution is 2.45. The van der Waals surface area contributed by atoms with Crippen LogP contribution in [-0.2, 0) is 0 Å². The van der Waals surface area contributed by atoms with Gasteiger partial charge in [-0.15, -0.1) is 11.3 Å². The lowest BCUT2D eigenvalue weighted by Crippen LogP contribution is -1.95. The van der Waals surface area contributed by atoms with Crippen molar-refractivity contribution in [3.8, 4) is 28.3 Å².